The highest BCUT2D eigenvalue weighted by atomic mass is 127. The molecule has 0 aliphatic heterocycles. The molecule has 0 saturated carbocycles. The molecule has 0 aliphatic rings. The molecule has 3 aromatic rings. The van der Waals surface area contributed by atoms with E-state index in [4.69, 9.17) is 9.47 Å². The molecule has 0 unspecified atom stereocenters. The summed E-state index contributed by atoms with van der Waals surface area (Å²) in [5.41, 5.74) is 1.22. The standard InChI is InChI=1S/C16H13IO2S/c1-18-11-5-3-10(4-6-11)16-15(17)13-8-7-12(19-2)9-14(13)20-16/h3-9H,1-2H3. The average molecular weight is 396 g/mol. The van der Waals surface area contributed by atoms with Gasteiger partial charge in [-0.25, -0.2) is 0 Å². The van der Waals surface area contributed by atoms with E-state index in [0.29, 0.717) is 0 Å². The number of halogens is 1. The van der Waals surface area contributed by atoms with Gasteiger partial charge in [0.1, 0.15) is 11.5 Å². The molecule has 0 radical (unpaired) electrons. The van der Waals surface area contributed by atoms with Crippen LogP contribution in [0, 0.1) is 3.57 Å². The van der Waals surface area contributed by atoms with E-state index >= 15 is 0 Å². The molecular weight excluding hydrogens is 383 g/mol. The predicted octanol–water partition coefficient (Wildman–Crippen LogP) is 5.19. The number of ether oxygens (including phenoxy) is 2. The monoisotopic (exact) mass is 396 g/mol. The first kappa shape index (κ1) is 13.7. The molecule has 0 aliphatic carbocycles. The molecule has 0 saturated heterocycles. The van der Waals surface area contributed by atoms with Crippen LogP contribution in [0.2, 0.25) is 0 Å². The second-order valence-corrected chi connectivity index (χ2v) is 6.47. The van der Waals surface area contributed by atoms with Gasteiger partial charge in [0.25, 0.3) is 0 Å². The third-order valence-corrected chi connectivity index (χ3v) is 5.88. The van der Waals surface area contributed by atoms with Crippen molar-refractivity contribution in [3.05, 3.63) is 46.0 Å². The Bertz CT molecular complexity index is 747. The van der Waals surface area contributed by atoms with Crippen molar-refractivity contribution in [2.75, 3.05) is 14.2 Å². The van der Waals surface area contributed by atoms with Crippen LogP contribution >= 0.6 is 33.9 Å². The zero-order valence-electron chi connectivity index (χ0n) is 11.1. The van der Waals surface area contributed by atoms with Crippen LogP contribution in [0.3, 0.4) is 0 Å². The van der Waals surface area contributed by atoms with Crippen molar-refractivity contribution in [3.63, 3.8) is 0 Å². The molecule has 2 aromatic carbocycles. The molecule has 0 spiro atoms. The zero-order chi connectivity index (χ0) is 14.1. The van der Waals surface area contributed by atoms with Crippen molar-refractivity contribution in [2.24, 2.45) is 0 Å². The zero-order valence-corrected chi connectivity index (χ0v) is 14.1. The van der Waals surface area contributed by atoms with Gasteiger partial charge in [-0.3, -0.25) is 0 Å². The molecule has 0 fully saturated rings. The molecule has 20 heavy (non-hydrogen) atoms. The lowest BCUT2D eigenvalue weighted by atomic mass is 10.1. The van der Waals surface area contributed by atoms with E-state index in [1.54, 1.807) is 25.6 Å². The van der Waals surface area contributed by atoms with E-state index in [2.05, 4.69) is 46.9 Å². The summed E-state index contributed by atoms with van der Waals surface area (Å²) in [4.78, 5) is 1.29. The van der Waals surface area contributed by atoms with E-state index in [1.165, 1.54) is 24.1 Å². The summed E-state index contributed by atoms with van der Waals surface area (Å²) in [5, 5.41) is 1.28. The molecule has 1 heterocycles. The lowest BCUT2D eigenvalue weighted by Crippen LogP contribution is -1.82. The maximum Gasteiger partial charge on any atom is 0.120 e. The fourth-order valence-electron chi connectivity index (χ4n) is 2.10. The molecule has 0 amide bonds. The number of methoxy groups -OCH3 is 2. The molecule has 3 rings (SSSR count). The van der Waals surface area contributed by atoms with Crippen molar-refractivity contribution >= 4 is 44.0 Å². The number of rotatable bonds is 3. The van der Waals surface area contributed by atoms with Gasteiger partial charge in [-0.15, -0.1) is 11.3 Å². The van der Waals surface area contributed by atoms with E-state index < -0.39 is 0 Å². The number of thiophene rings is 1. The second-order valence-electron chi connectivity index (χ2n) is 4.34. The Kier molecular flexibility index (Phi) is 3.85. The number of benzene rings is 2. The van der Waals surface area contributed by atoms with Crippen LogP contribution in [0.5, 0.6) is 11.5 Å². The minimum Gasteiger partial charge on any atom is -0.497 e. The van der Waals surface area contributed by atoms with Gasteiger partial charge in [-0.2, -0.15) is 0 Å². The predicted molar refractivity (Wildman–Crippen MR) is 93.1 cm³/mol. The van der Waals surface area contributed by atoms with Crippen molar-refractivity contribution in [2.45, 2.75) is 0 Å². The van der Waals surface area contributed by atoms with E-state index in [9.17, 15) is 0 Å². The van der Waals surface area contributed by atoms with Crippen molar-refractivity contribution in [1.82, 2.24) is 0 Å². The molecular formula is C16H13IO2S. The Labute approximate surface area is 135 Å². The highest BCUT2D eigenvalue weighted by Crippen LogP contribution is 2.40. The Morgan fingerprint density at radius 2 is 1.55 bits per heavy atom. The quantitative estimate of drug-likeness (QED) is 0.568. The topological polar surface area (TPSA) is 18.5 Å². The third kappa shape index (κ3) is 2.38. The van der Waals surface area contributed by atoms with Crippen molar-refractivity contribution < 1.29 is 9.47 Å². The van der Waals surface area contributed by atoms with Crippen LogP contribution in [0.25, 0.3) is 20.5 Å². The van der Waals surface area contributed by atoms with Gasteiger partial charge in [-0.05, 0) is 70.6 Å². The summed E-state index contributed by atoms with van der Waals surface area (Å²) in [6.07, 6.45) is 0. The first-order chi connectivity index (χ1) is 9.72. The molecule has 102 valence electrons. The Morgan fingerprint density at radius 1 is 0.900 bits per heavy atom. The SMILES string of the molecule is COc1ccc(-c2sc3cc(OC)ccc3c2I)cc1. The highest BCUT2D eigenvalue weighted by Gasteiger charge is 2.12. The lowest BCUT2D eigenvalue weighted by molar-refractivity contribution is 0.415. The smallest absolute Gasteiger partial charge is 0.120 e. The molecule has 0 N–H and O–H groups in total. The van der Waals surface area contributed by atoms with Gasteiger partial charge in [0.2, 0.25) is 0 Å². The van der Waals surface area contributed by atoms with Gasteiger partial charge in [0.15, 0.2) is 0 Å². The molecule has 0 bridgehead atoms. The number of hydrogen-bond donors (Lipinski definition) is 0. The molecule has 4 heteroatoms. The van der Waals surface area contributed by atoms with E-state index in [-0.39, 0.29) is 0 Å². The summed E-state index contributed by atoms with van der Waals surface area (Å²) < 4.78 is 13.0. The first-order valence-corrected chi connectivity index (χ1v) is 8.03. The third-order valence-electron chi connectivity index (χ3n) is 3.19. The summed E-state index contributed by atoms with van der Waals surface area (Å²) >= 11 is 4.21. The summed E-state index contributed by atoms with van der Waals surface area (Å²) in [6, 6.07) is 14.4. The fraction of sp³-hybridized carbons (Fsp3) is 0.125. The number of hydrogen-bond acceptors (Lipinski definition) is 3. The van der Waals surface area contributed by atoms with Gasteiger partial charge in [0, 0.05) is 18.5 Å². The summed E-state index contributed by atoms with van der Waals surface area (Å²) in [5.74, 6) is 1.78. The minimum absolute atomic E-state index is 0.881. The van der Waals surface area contributed by atoms with Gasteiger partial charge in [-0.1, -0.05) is 0 Å². The maximum absolute atomic E-state index is 5.30. The van der Waals surface area contributed by atoms with Crippen molar-refractivity contribution in [1.29, 1.82) is 0 Å². The summed E-state index contributed by atoms with van der Waals surface area (Å²) in [7, 11) is 3.38. The van der Waals surface area contributed by atoms with Gasteiger partial charge >= 0.3 is 0 Å². The maximum atomic E-state index is 5.30. The van der Waals surface area contributed by atoms with Crippen molar-refractivity contribution in [3.8, 4) is 21.9 Å². The average Bonchev–Trinajstić information content (AvgIpc) is 2.84. The van der Waals surface area contributed by atoms with E-state index in [0.717, 1.165) is 11.5 Å². The normalized spacial score (nSPS) is 10.8. The highest BCUT2D eigenvalue weighted by molar-refractivity contribution is 14.1. The summed E-state index contributed by atoms with van der Waals surface area (Å²) in [6.45, 7) is 0. The van der Waals surface area contributed by atoms with Crippen LogP contribution in [0.4, 0.5) is 0 Å². The molecule has 2 nitrogen and oxygen atoms in total. The fourth-order valence-corrected chi connectivity index (χ4v) is 4.52. The first-order valence-electron chi connectivity index (χ1n) is 6.13. The van der Waals surface area contributed by atoms with Crippen LogP contribution in [0.1, 0.15) is 0 Å². The molecule has 1 aromatic heterocycles. The van der Waals surface area contributed by atoms with Gasteiger partial charge < -0.3 is 9.47 Å². The molecule has 0 atom stereocenters. The largest absolute Gasteiger partial charge is 0.497 e. The van der Waals surface area contributed by atoms with Crippen LogP contribution in [-0.4, -0.2) is 14.2 Å². The number of fused-ring (bicyclic) bond motifs is 1. The minimum atomic E-state index is 0.881. The van der Waals surface area contributed by atoms with E-state index in [1.807, 2.05) is 18.2 Å². The Morgan fingerprint density at radius 3 is 2.20 bits per heavy atom. The lowest BCUT2D eigenvalue weighted by Gasteiger charge is -2.02. The Hall–Kier alpha value is -1.27. The second kappa shape index (κ2) is 5.61. The van der Waals surface area contributed by atoms with Crippen LogP contribution < -0.4 is 9.47 Å². The van der Waals surface area contributed by atoms with Crippen LogP contribution in [0.15, 0.2) is 42.5 Å². The van der Waals surface area contributed by atoms with Gasteiger partial charge in [0.05, 0.1) is 14.2 Å². The van der Waals surface area contributed by atoms with Crippen LogP contribution in [-0.2, 0) is 0 Å². The Balaban J connectivity index is 2.12.